The van der Waals surface area contributed by atoms with Gasteiger partial charge in [-0.1, -0.05) is 0 Å². The molecule has 0 unspecified atom stereocenters. The number of halogens is 7. The number of rotatable bonds is 3. The van der Waals surface area contributed by atoms with Gasteiger partial charge in [0.25, 0.3) is 5.91 Å². The molecule has 1 aromatic heterocycles. The van der Waals surface area contributed by atoms with Crippen molar-refractivity contribution in [3.05, 3.63) is 57.2 Å². The standard InChI is InChI=1S/C16H9BrF6N2O3/c1-28-14(27)11-5-10(17)6-24-12(11)25-13(26)7-2-8(15(18,19)20)4-9(3-7)16(21,22)23/h2-6H,1H3,(H,24,25,26). The predicted molar refractivity (Wildman–Crippen MR) is 87.7 cm³/mol. The first-order valence-electron chi connectivity index (χ1n) is 7.17. The predicted octanol–water partition coefficient (Wildman–Crippen LogP) is 4.92. The van der Waals surface area contributed by atoms with Crippen molar-refractivity contribution in [3.8, 4) is 0 Å². The first-order chi connectivity index (χ1) is 12.8. The Labute approximate surface area is 161 Å². The maximum Gasteiger partial charge on any atom is 0.416 e. The molecule has 0 fully saturated rings. The number of amides is 1. The van der Waals surface area contributed by atoms with Crippen molar-refractivity contribution in [1.82, 2.24) is 4.98 Å². The van der Waals surface area contributed by atoms with Crippen LogP contribution in [0, 0.1) is 0 Å². The van der Waals surface area contributed by atoms with Gasteiger partial charge in [0.05, 0.1) is 18.2 Å². The monoisotopic (exact) mass is 470 g/mol. The highest BCUT2D eigenvalue weighted by Crippen LogP contribution is 2.36. The lowest BCUT2D eigenvalue weighted by Gasteiger charge is -2.14. The number of esters is 1. The third-order valence-corrected chi connectivity index (χ3v) is 3.78. The van der Waals surface area contributed by atoms with Crippen molar-refractivity contribution in [3.63, 3.8) is 0 Å². The first-order valence-corrected chi connectivity index (χ1v) is 7.97. The van der Waals surface area contributed by atoms with Crippen LogP contribution in [-0.4, -0.2) is 24.0 Å². The zero-order valence-corrected chi connectivity index (χ0v) is 15.3. The van der Waals surface area contributed by atoms with Crippen LogP contribution in [0.5, 0.6) is 0 Å². The molecule has 0 aliphatic rings. The summed E-state index contributed by atoms with van der Waals surface area (Å²) in [6.07, 6.45) is -9.05. The van der Waals surface area contributed by atoms with Crippen LogP contribution in [0.4, 0.5) is 32.2 Å². The largest absolute Gasteiger partial charge is 0.465 e. The highest BCUT2D eigenvalue weighted by molar-refractivity contribution is 9.10. The Morgan fingerprint density at radius 2 is 1.54 bits per heavy atom. The van der Waals surface area contributed by atoms with Crippen LogP contribution in [0.15, 0.2) is 34.9 Å². The van der Waals surface area contributed by atoms with Gasteiger partial charge in [-0.3, -0.25) is 4.79 Å². The molecular weight excluding hydrogens is 462 g/mol. The summed E-state index contributed by atoms with van der Waals surface area (Å²) in [5.74, 6) is -2.65. The molecular formula is C16H9BrF6N2O3. The molecule has 0 atom stereocenters. The molecule has 0 spiro atoms. The molecule has 0 saturated carbocycles. The van der Waals surface area contributed by atoms with Crippen molar-refractivity contribution in [1.29, 1.82) is 0 Å². The number of anilines is 1. The number of pyridine rings is 1. The lowest BCUT2D eigenvalue weighted by atomic mass is 10.0. The van der Waals surface area contributed by atoms with E-state index in [9.17, 15) is 35.9 Å². The molecule has 5 nitrogen and oxygen atoms in total. The van der Waals surface area contributed by atoms with Gasteiger partial charge >= 0.3 is 18.3 Å². The van der Waals surface area contributed by atoms with E-state index in [-0.39, 0.29) is 23.8 Å². The molecule has 0 saturated heterocycles. The Morgan fingerprint density at radius 3 is 2.00 bits per heavy atom. The van der Waals surface area contributed by atoms with Gasteiger partial charge in [-0.15, -0.1) is 0 Å². The molecule has 12 heteroatoms. The van der Waals surface area contributed by atoms with Crippen molar-refractivity contribution in [2.45, 2.75) is 12.4 Å². The summed E-state index contributed by atoms with van der Waals surface area (Å²) in [5.41, 5.74) is -4.47. The normalized spacial score (nSPS) is 11.9. The van der Waals surface area contributed by atoms with E-state index in [1.807, 2.05) is 5.32 Å². The third kappa shape index (κ3) is 5.00. The zero-order valence-electron chi connectivity index (χ0n) is 13.7. The summed E-state index contributed by atoms with van der Waals surface area (Å²) >= 11 is 3.03. The lowest BCUT2D eigenvalue weighted by Crippen LogP contribution is -2.19. The molecule has 1 N–H and O–H groups in total. The Kier molecular flexibility index (Phi) is 6.02. The summed E-state index contributed by atoms with van der Waals surface area (Å²) < 4.78 is 82.3. The van der Waals surface area contributed by atoms with Gasteiger partial charge < -0.3 is 10.1 Å². The number of carbonyl (C=O) groups excluding carboxylic acids is 2. The van der Waals surface area contributed by atoms with Crippen LogP contribution in [0.3, 0.4) is 0 Å². The van der Waals surface area contributed by atoms with Crippen molar-refractivity contribution >= 4 is 33.6 Å². The van der Waals surface area contributed by atoms with E-state index in [1.54, 1.807) is 0 Å². The fourth-order valence-electron chi connectivity index (χ4n) is 2.07. The Bertz CT molecular complexity index is 895. The van der Waals surface area contributed by atoms with E-state index in [4.69, 9.17) is 0 Å². The van der Waals surface area contributed by atoms with Gasteiger partial charge in [0, 0.05) is 16.2 Å². The van der Waals surface area contributed by atoms with E-state index in [0.29, 0.717) is 4.47 Å². The molecule has 0 bridgehead atoms. The smallest absolute Gasteiger partial charge is 0.416 e. The van der Waals surface area contributed by atoms with Crippen LogP contribution < -0.4 is 5.32 Å². The molecule has 1 heterocycles. The van der Waals surface area contributed by atoms with Gasteiger partial charge in [0.1, 0.15) is 11.4 Å². The van der Waals surface area contributed by atoms with Crippen molar-refractivity contribution in [2.24, 2.45) is 0 Å². The molecule has 28 heavy (non-hydrogen) atoms. The highest BCUT2D eigenvalue weighted by atomic mass is 79.9. The van der Waals surface area contributed by atoms with Gasteiger partial charge in [-0.25, -0.2) is 9.78 Å². The topological polar surface area (TPSA) is 68.3 Å². The quantitative estimate of drug-likeness (QED) is 0.510. The molecule has 0 radical (unpaired) electrons. The molecule has 1 amide bonds. The maximum absolute atomic E-state index is 12.9. The van der Waals surface area contributed by atoms with Crippen LogP contribution in [0.25, 0.3) is 0 Å². The summed E-state index contributed by atoms with van der Waals surface area (Å²) in [7, 11) is 1.04. The zero-order chi connectivity index (χ0) is 21.3. The second kappa shape index (κ2) is 7.78. The molecule has 0 aliphatic heterocycles. The second-order valence-electron chi connectivity index (χ2n) is 5.29. The van der Waals surface area contributed by atoms with Crippen LogP contribution in [0.2, 0.25) is 0 Å². The number of methoxy groups -OCH3 is 1. The number of carbonyl (C=O) groups is 2. The minimum Gasteiger partial charge on any atom is -0.465 e. The molecule has 2 aromatic rings. The third-order valence-electron chi connectivity index (χ3n) is 3.34. The van der Waals surface area contributed by atoms with Crippen LogP contribution in [-0.2, 0) is 17.1 Å². The number of aromatic nitrogens is 1. The number of hydrogen-bond donors (Lipinski definition) is 1. The minimum absolute atomic E-state index is 0.103. The van der Waals surface area contributed by atoms with Crippen molar-refractivity contribution < 1.29 is 40.7 Å². The summed E-state index contributed by atoms with van der Waals surface area (Å²) in [5, 5.41) is 2.02. The van der Waals surface area contributed by atoms with Gasteiger partial charge in [0.2, 0.25) is 0 Å². The van der Waals surface area contributed by atoms with E-state index in [0.717, 1.165) is 13.3 Å². The molecule has 0 aliphatic carbocycles. The Morgan fingerprint density at radius 1 is 1.00 bits per heavy atom. The van der Waals surface area contributed by atoms with Crippen molar-refractivity contribution in [2.75, 3.05) is 12.4 Å². The Balaban J connectivity index is 2.49. The number of hydrogen-bond acceptors (Lipinski definition) is 4. The average molecular weight is 471 g/mol. The fraction of sp³-hybridized carbons (Fsp3) is 0.188. The van der Waals surface area contributed by atoms with Crippen LogP contribution >= 0.6 is 15.9 Å². The lowest BCUT2D eigenvalue weighted by molar-refractivity contribution is -0.143. The molecule has 1 aromatic carbocycles. The first kappa shape index (κ1) is 21.7. The number of alkyl halides is 6. The molecule has 2 rings (SSSR count). The number of benzene rings is 1. The SMILES string of the molecule is COC(=O)c1cc(Br)cnc1NC(=O)c1cc(C(F)(F)F)cc(C(F)(F)F)c1. The van der Waals surface area contributed by atoms with Gasteiger partial charge in [-0.05, 0) is 40.2 Å². The van der Waals surface area contributed by atoms with Crippen LogP contribution in [0.1, 0.15) is 31.8 Å². The van der Waals surface area contributed by atoms with E-state index < -0.39 is 46.7 Å². The maximum atomic E-state index is 12.9. The number of nitrogens with one attached hydrogen (secondary N) is 1. The summed E-state index contributed by atoms with van der Waals surface area (Å²) in [6, 6.07) is 1.64. The summed E-state index contributed by atoms with van der Waals surface area (Å²) in [6.45, 7) is 0. The molecule has 150 valence electrons. The summed E-state index contributed by atoms with van der Waals surface area (Å²) in [4.78, 5) is 27.7. The van der Waals surface area contributed by atoms with Gasteiger partial charge in [0.15, 0.2) is 0 Å². The number of ether oxygens (including phenoxy) is 1. The van der Waals surface area contributed by atoms with E-state index in [1.165, 1.54) is 6.07 Å². The number of nitrogens with zero attached hydrogens (tertiary/aromatic N) is 1. The second-order valence-corrected chi connectivity index (χ2v) is 6.21. The highest BCUT2D eigenvalue weighted by Gasteiger charge is 2.37. The average Bonchev–Trinajstić information content (AvgIpc) is 2.60. The van der Waals surface area contributed by atoms with Gasteiger partial charge in [-0.2, -0.15) is 26.3 Å². The fourth-order valence-corrected chi connectivity index (χ4v) is 2.40. The van der Waals surface area contributed by atoms with E-state index in [2.05, 4.69) is 25.7 Å². The minimum atomic E-state index is -5.11. The Hall–Kier alpha value is -2.63. The van der Waals surface area contributed by atoms with E-state index >= 15 is 0 Å².